The maximum Gasteiger partial charge on any atom is 0.257 e. The second-order valence-electron chi connectivity index (χ2n) is 9.13. The van der Waals surface area contributed by atoms with Crippen molar-refractivity contribution >= 4 is 46.8 Å². The summed E-state index contributed by atoms with van der Waals surface area (Å²) >= 11 is 14.0. The van der Waals surface area contributed by atoms with Gasteiger partial charge in [0.05, 0.1) is 18.4 Å². The van der Waals surface area contributed by atoms with E-state index in [-0.39, 0.29) is 31.1 Å². The molecule has 2 aliphatic carbocycles. The fourth-order valence-electron chi connectivity index (χ4n) is 6.02. The number of nitrogens with zero attached hydrogens (tertiary/aromatic N) is 2. The summed E-state index contributed by atoms with van der Waals surface area (Å²) < 4.78 is 5.42. The number of carbonyl (C=O) groups is 4. The number of rotatable bonds is 4. The van der Waals surface area contributed by atoms with Gasteiger partial charge >= 0.3 is 0 Å². The molecule has 2 aliphatic heterocycles. The van der Waals surface area contributed by atoms with Gasteiger partial charge in [0.15, 0.2) is 9.75 Å². The number of aliphatic hydroxyl groups excluding tert-OH is 1. The molecule has 2 saturated heterocycles. The Kier molecular flexibility index (Phi) is 5.33. The summed E-state index contributed by atoms with van der Waals surface area (Å²) in [6.07, 6.45) is 1.85. The lowest BCUT2D eigenvalue weighted by Gasteiger charge is -2.50. The average Bonchev–Trinajstić information content (AvgIpc) is 3.13. The number of benzene rings is 1. The number of halogens is 2. The van der Waals surface area contributed by atoms with E-state index in [4.69, 9.17) is 33.0 Å². The van der Waals surface area contributed by atoms with Gasteiger partial charge in [-0.05, 0) is 36.5 Å². The highest BCUT2D eigenvalue weighted by Gasteiger charge is 2.75. The van der Waals surface area contributed by atoms with E-state index >= 15 is 0 Å². The number of alkyl halides is 2. The van der Waals surface area contributed by atoms with Crippen molar-refractivity contribution in [3.8, 4) is 5.75 Å². The number of aliphatic hydroxyl groups is 1. The highest BCUT2D eigenvalue weighted by molar-refractivity contribution is 6.53. The number of hydroxylamine groups is 2. The second kappa shape index (κ2) is 7.78. The Morgan fingerprint density at radius 3 is 2.38 bits per heavy atom. The van der Waals surface area contributed by atoms with Crippen LogP contribution in [0.4, 0.5) is 0 Å². The van der Waals surface area contributed by atoms with Crippen LogP contribution in [0, 0.1) is 17.8 Å². The zero-order chi connectivity index (χ0) is 24.6. The van der Waals surface area contributed by atoms with Gasteiger partial charge in [0, 0.05) is 13.0 Å². The maximum absolute atomic E-state index is 13.4. The molecule has 1 saturated carbocycles. The minimum absolute atomic E-state index is 0.106. The average molecular weight is 509 g/mol. The van der Waals surface area contributed by atoms with Crippen molar-refractivity contribution in [2.45, 2.75) is 28.5 Å². The van der Waals surface area contributed by atoms with Crippen LogP contribution in [0.1, 0.15) is 24.3 Å². The van der Waals surface area contributed by atoms with E-state index in [0.717, 1.165) is 4.90 Å². The molecule has 180 valence electrons. The van der Waals surface area contributed by atoms with E-state index in [1.807, 2.05) is 0 Å². The zero-order valence-corrected chi connectivity index (χ0v) is 19.6. The third-order valence-corrected chi connectivity index (χ3v) is 8.98. The van der Waals surface area contributed by atoms with Crippen molar-refractivity contribution in [1.82, 2.24) is 9.96 Å². The first-order chi connectivity index (χ1) is 16.1. The fourth-order valence-corrected chi connectivity index (χ4v) is 7.04. The molecule has 0 spiro atoms. The third kappa shape index (κ3) is 2.81. The van der Waals surface area contributed by atoms with Crippen LogP contribution in [0.5, 0.6) is 5.75 Å². The van der Waals surface area contributed by atoms with Crippen molar-refractivity contribution in [2.24, 2.45) is 17.8 Å². The van der Waals surface area contributed by atoms with Gasteiger partial charge in [-0.1, -0.05) is 23.8 Å². The van der Waals surface area contributed by atoms with Gasteiger partial charge in [-0.25, -0.2) is 0 Å². The van der Waals surface area contributed by atoms with Gasteiger partial charge in [0.2, 0.25) is 0 Å². The van der Waals surface area contributed by atoms with E-state index < -0.39 is 57.0 Å². The molecule has 1 aromatic rings. The van der Waals surface area contributed by atoms with Crippen LogP contribution in [0.3, 0.4) is 0 Å². The first-order valence-electron chi connectivity index (χ1n) is 10.9. The molecule has 4 aliphatic rings. The van der Waals surface area contributed by atoms with Gasteiger partial charge in [0.25, 0.3) is 23.6 Å². The quantitative estimate of drug-likeness (QED) is 0.272. The normalized spacial score (nSPS) is 36.9. The number of fused-ring (bicyclic) bond motifs is 4. The molecule has 5 rings (SSSR count). The molecule has 0 aromatic heterocycles. The van der Waals surface area contributed by atoms with Crippen LogP contribution in [-0.2, 0) is 19.2 Å². The largest absolute Gasteiger partial charge is 0.491 e. The van der Waals surface area contributed by atoms with Crippen LogP contribution in [-0.4, -0.2) is 73.9 Å². The lowest BCUT2D eigenvalue weighted by Crippen LogP contribution is -2.60. The smallest absolute Gasteiger partial charge is 0.257 e. The lowest BCUT2D eigenvalue weighted by atomic mass is 9.56. The predicted molar refractivity (Wildman–Crippen MR) is 118 cm³/mol. The van der Waals surface area contributed by atoms with Crippen LogP contribution >= 0.6 is 23.2 Å². The molecular weight excluding hydrogens is 487 g/mol. The summed E-state index contributed by atoms with van der Waals surface area (Å²) in [7, 11) is 1.32. The molecule has 2 heterocycles. The molecule has 0 bridgehead atoms. The molecule has 0 radical (unpaired) electrons. The Hall–Kier alpha value is -2.46. The minimum Gasteiger partial charge on any atom is -0.491 e. The minimum atomic E-state index is -1.85. The first kappa shape index (κ1) is 23.3. The number of allylic oxidation sites excluding steroid dienone is 2. The summed E-state index contributed by atoms with van der Waals surface area (Å²) in [6, 6.07) is 6.71. The zero-order valence-electron chi connectivity index (χ0n) is 18.1. The molecule has 1 aromatic carbocycles. The van der Waals surface area contributed by atoms with Crippen molar-refractivity contribution in [2.75, 3.05) is 20.3 Å². The van der Waals surface area contributed by atoms with E-state index in [2.05, 4.69) is 0 Å². The van der Waals surface area contributed by atoms with Crippen molar-refractivity contribution in [1.29, 1.82) is 0 Å². The fraction of sp³-hybridized carbons (Fsp3) is 0.478. The van der Waals surface area contributed by atoms with Gasteiger partial charge < -0.3 is 9.84 Å². The van der Waals surface area contributed by atoms with Gasteiger partial charge in [-0.3, -0.25) is 29.3 Å². The SMILES string of the molecule is CN1C(=O)[C@]2(Cl)C[C@@H]3C(=CC[C@@H]4C(=O)N(O)C(=O)[C@@H]43)[C@H](c3ccc(OCCO)cc3)[C@]2(Cl)C1=O. The molecule has 0 unspecified atom stereocenters. The van der Waals surface area contributed by atoms with Crippen LogP contribution in [0.25, 0.3) is 0 Å². The molecule has 6 atom stereocenters. The maximum atomic E-state index is 13.4. The predicted octanol–water partition coefficient (Wildman–Crippen LogP) is 1.44. The first-order valence-corrected chi connectivity index (χ1v) is 11.6. The van der Waals surface area contributed by atoms with E-state index in [0.29, 0.717) is 16.9 Å². The monoisotopic (exact) mass is 508 g/mol. The van der Waals surface area contributed by atoms with E-state index in [1.165, 1.54) is 7.05 Å². The van der Waals surface area contributed by atoms with E-state index in [9.17, 15) is 24.4 Å². The highest BCUT2D eigenvalue weighted by Crippen LogP contribution is 2.65. The number of likely N-dealkylation sites (tertiary alicyclic amines) is 1. The second-order valence-corrected chi connectivity index (χ2v) is 10.4. The number of ether oxygens (including phenoxy) is 1. The van der Waals surface area contributed by atoms with Gasteiger partial charge in [-0.15, -0.1) is 23.2 Å². The Bertz CT molecular complexity index is 1140. The molecule has 11 heteroatoms. The summed E-state index contributed by atoms with van der Waals surface area (Å²) in [6.45, 7) is -0.0481. The van der Waals surface area contributed by atoms with E-state index in [1.54, 1.807) is 30.3 Å². The Labute approximate surface area is 204 Å². The molecule has 2 N–H and O–H groups in total. The summed E-state index contributed by atoms with van der Waals surface area (Å²) in [5.41, 5.74) is 1.23. The van der Waals surface area contributed by atoms with Crippen LogP contribution in [0.2, 0.25) is 0 Å². The van der Waals surface area contributed by atoms with Crippen LogP contribution in [0.15, 0.2) is 35.9 Å². The van der Waals surface area contributed by atoms with Crippen molar-refractivity contribution < 1.29 is 34.2 Å². The third-order valence-electron chi connectivity index (χ3n) is 7.56. The van der Waals surface area contributed by atoms with Gasteiger partial charge in [-0.2, -0.15) is 5.06 Å². The molecule has 34 heavy (non-hydrogen) atoms. The molecule has 3 fully saturated rings. The highest BCUT2D eigenvalue weighted by atomic mass is 35.5. The van der Waals surface area contributed by atoms with Crippen molar-refractivity contribution in [3.05, 3.63) is 41.5 Å². The topological polar surface area (TPSA) is 124 Å². The number of hydrogen-bond acceptors (Lipinski definition) is 7. The number of hydrogen-bond donors (Lipinski definition) is 2. The Balaban J connectivity index is 1.67. The number of imide groups is 2. The van der Waals surface area contributed by atoms with Crippen LogP contribution < -0.4 is 4.74 Å². The summed E-state index contributed by atoms with van der Waals surface area (Å²) in [5, 5.41) is 19.1. The summed E-state index contributed by atoms with van der Waals surface area (Å²) in [4.78, 5) is 49.1. The molecule has 9 nitrogen and oxygen atoms in total. The number of carbonyl (C=O) groups excluding carboxylic acids is 4. The Morgan fingerprint density at radius 2 is 1.74 bits per heavy atom. The van der Waals surface area contributed by atoms with Gasteiger partial charge in [0.1, 0.15) is 12.4 Å². The number of amides is 4. The summed E-state index contributed by atoms with van der Waals surface area (Å²) in [5.74, 6) is -5.46. The van der Waals surface area contributed by atoms with Crippen molar-refractivity contribution in [3.63, 3.8) is 0 Å². The Morgan fingerprint density at radius 1 is 1.06 bits per heavy atom. The lowest BCUT2D eigenvalue weighted by molar-refractivity contribution is -0.173. The standard InChI is InChI=1S/C23H22Cl2N2O7/c1-26-20(31)22(24)10-15-13(6-7-14-16(15)19(30)27(33)18(14)29)17(23(22,25)21(26)32)11-2-4-12(5-3-11)34-9-8-28/h2-6,14-17,28,33H,7-10H2,1H3/t14-,15+,16-,17-,22+,23-/m0/s1. The molecule has 4 amide bonds. The molecular formula is C23H22Cl2N2O7.